The number of nitro groups is 1. The number of ether oxygens (including phenoxy) is 1. The van der Waals surface area contributed by atoms with E-state index < -0.39 is 4.92 Å². The summed E-state index contributed by atoms with van der Waals surface area (Å²) in [6.07, 6.45) is 0. The average molecular weight is 429 g/mol. The van der Waals surface area contributed by atoms with E-state index in [0.29, 0.717) is 28.0 Å². The number of nitrogens with zero attached hydrogens (tertiary/aromatic N) is 1. The Morgan fingerprint density at radius 3 is 2.48 bits per heavy atom. The number of carbonyl (C=O) groups is 1. The maximum Gasteiger partial charge on any atom is 0.269 e. The third-order valence-corrected chi connectivity index (χ3v) is 5.07. The molecule has 8 heteroatoms. The Labute approximate surface area is 177 Å². The number of nitro benzene ring substituents is 1. The van der Waals surface area contributed by atoms with Gasteiger partial charge in [0.2, 0.25) is 5.91 Å². The van der Waals surface area contributed by atoms with Crippen LogP contribution < -0.4 is 10.1 Å². The van der Waals surface area contributed by atoms with Gasteiger partial charge in [0.15, 0.2) is 5.75 Å². The van der Waals surface area contributed by atoms with Crippen LogP contribution >= 0.6 is 23.4 Å². The molecule has 1 N–H and O–H groups in total. The fourth-order valence-corrected chi connectivity index (χ4v) is 3.43. The molecule has 1 amide bonds. The minimum Gasteiger partial charge on any atom is -0.455 e. The zero-order valence-corrected chi connectivity index (χ0v) is 16.8. The van der Waals surface area contributed by atoms with Gasteiger partial charge >= 0.3 is 0 Å². The number of amides is 1. The van der Waals surface area contributed by atoms with Crippen LogP contribution in [0.15, 0.2) is 72.8 Å². The molecule has 0 aliphatic heterocycles. The summed E-state index contributed by atoms with van der Waals surface area (Å²) in [7, 11) is 0. The normalized spacial score (nSPS) is 10.4. The molecule has 0 aliphatic carbocycles. The Hall–Kier alpha value is -3.03. The molecule has 0 aliphatic rings. The number of benzene rings is 3. The summed E-state index contributed by atoms with van der Waals surface area (Å²) in [5, 5.41) is 14.0. The van der Waals surface area contributed by atoms with Crippen LogP contribution in [0.2, 0.25) is 5.02 Å². The first-order valence-corrected chi connectivity index (χ1v) is 10.2. The molecule has 3 aromatic rings. The lowest BCUT2D eigenvalue weighted by Crippen LogP contribution is -2.14. The van der Waals surface area contributed by atoms with Crippen molar-refractivity contribution in [2.75, 3.05) is 11.1 Å². The smallest absolute Gasteiger partial charge is 0.269 e. The molecule has 29 heavy (non-hydrogen) atoms. The predicted molar refractivity (Wildman–Crippen MR) is 116 cm³/mol. The first-order chi connectivity index (χ1) is 14.0. The molecule has 0 unspecified atom stereocenters. The third-order valence-electron chi connectivity index (χ3n) is 3.84. The number of hydrogen-bond donors (Lipinski definition) is 1. The van der Waals surface area contributed by atoms with E-state index in [9.17, 15) is 14.9 Å². The minimum absolute atomic E-state index is 0.0448. The van der Waals surface area contributed by atoms with Crippen LogP contribution in [0.25, 0.3) is 0 Å². The zero-order chi connectivity index (χ0) is 20.6. The van der Waals surface area contributed by atoms with E-state index in [-0.39, 0.29) is 17.3 Å². The first kappa shape index (κ1) is 20.7. The number of carbonyl (C=O) groups excluding carboxylic acids is 1. The Kier molecular flexibility index (Phi) is 7.10. The Balaban J connectivity index is 1.57. The van der Waals surface area contributed by atoms with Crippen LogP contribution in [0, 0.1) is 10.1 Å². The number of hydrogen-bond acceptors (Lipinski definition) is 5. The van der Waals surface area contributed by atoms with Gasteiger partial charge in [0, 0.05) is 22.9 Å². The summed E-state index contributed by atoms with van der Waals surface area (Å²) in [6.45, 7) is 0. The molecule has 0 atom stereocenters. The van der Waals surface area contributed by atoms with Crippen molar-refractivity contribution < 1.29 is 14.5 Å². The largest absolute Gasteiger partial charge is 0.455 e. The molecule has 6 nitrogen and oxygen atoms in total. The summed E-state index contributed by atoms with van der Waals surface area (Å²) < 4.78 is 5.83. The van der Waals surface area contributed by atoms with Gasteiger partial charge in [0.05, 0.1) is 16.4 Å². The number of non-ortho nitro benzene ring substituents is 1. The monoisotopic (exact) mass is 428 g/mol. The Morgan fingerprint density at radius 2 is 1.79 bits per heavy atom. The highest BCUT2D eigenvalue weighted by molar-refractivity contribution is 7.99. The highest BCUT2D eigenvalue weighted by Crippen LogP contribution is 2.32. The Bertz CT molecular complexity index is 997. The molecule has 0 radical (unpaired) electrons. The van der Waals surface area contributed by atoms with Gasteiger partial charge in [-0.25, -0.2) is 0 Å². The van der Waals surface area contributed by atoms with Crippen molar-refractivity contribution in [3.8, 4) is 11.5 Å². The van der Waals surface area contributed by atoms with E-state index in [2.05, 4.69) is 5.32 Å². The second-order valence-electron chi connectivity index (χ2n) is 6.02. The van der Waals surface area contributed by atoms with Crippen molar-refractivity contribution >= 4 is 40.6 Å². The fraction of sp³-hybridized carbons (Fsp3) is 0.0952. The number of thioether (sulfide) groups is 1. The number of anilines is 1. The van der Waals surface area contributed by atoms with E-state index in [1.54, 1.807) is 30.3 Å². The molecule has 148 valence electrons. The van der Waals surface area contributed by atoms with Crippen molar-refractivity contribution in [2.45, 2.75) is 5.75 Å². The lowest BCUT2D eigenvalue weighted by molar-refractivity contribution is -0.384. The molecule has 0 saturated heterocycles. The van der Waals surface area contributed by atoms with Crippen molar-refractivity contribution in [1.82, 2.24) is 0 Å². The van der Waals surface area contributed by atoms with Crippen molar-refractivity contribution in [1.29, 1.82) is 0 Å². The van der Waals surface area contributed by atoms with Gasteiger partial charge in [-0.3, -0.25) is 14.9 Å². The number of halogens is 1. The number of rotatable bonds is 8. The molecule has 3 aromatic carbocycles. The van der Waals surface area contributed by atoms with E-state index >= 15 is 0 Å². The van der Waals surface area contributed by atoms with Crippen LogP contribution in [0.5, 0.6) is 11.5 Å². The van der Waals surface area contributed by atoms with Gasteiger partial charge in [0.1, 0.15) is 5.75 Å². The first-order valence-electron chi connectivity index (χ1n) is 8.64. The maximum atomic E-state index is 12.3. The molecule has 3 rings (SSSR count). The van der Waals surface area contributed by atoms with Crippen molar-refractivity contribution in [2.24, 2.45) is 0 Å². The maximum absolute atomic E-state index is 12.3. The Morgan fingerprint density at radius 1 is 1.07 bits per heavy atom. The molecule has 0 saturated carbocycles. The average Bonchev–Trinajstić information content (AvgIpc) is 2.71. The van der Waals surface area contributed by atoms with Crippen molar-refractivity contribution in [3.63, 3.8) is 0 Å². The van der Waals surface area contributed by atoms with Gasteiger partial charge in [-0.1, -0.05) is 41.9 Å². The third kappa shape index (κ3) is 6.23. The van der Waals surface area contributed by atoms with E-state index in [1.807, 2.05) is 30.3 Å². The topological polar surface area (TPSA) is 81.5 Å². The summed E-state index contributed by atoms with van der Waals surface area (Å²) in [5.74, 6) is 1.73. The van der Waals surface area contributed by atoms with Crippen LogP contribution in [-0.4, -0.2) is 16.6 Å². The van der Waals surface area contributed by atoms with Gasteiger partial charge in [-0.15, -0.1) is 11.8 Å². The van der Waals surface area contributed by atoms with E-state index in [4.69, 9.17) is 16.3 Å². The second-order valence-corrected chi connectivity index (χ2v) is 7.44. The summed E-state index contributed by atoms with van der Waals surface area (Å²) in [5.41, 5.74) is 1.44. The van der Waals surface area contributed by atoms with Crippen LogP contribution in [0.3, 0.4) is 0 Å². The molecule has 0 aromatic heterocycles. The molecule has 0 bridgehead atoms. The lowest BCUT2D eigenvalue weighted by Gasteiger charge is -2.13. The summed E-state index contributed by atoms with van der Waals surface area (Å²) >= 11 is 7.47. The molecular formula is C21H17ClN2O4S. The standard InChI is InChI=1S/C21H17ClN2O4S/c22-16-8-11-20(28-18-4-2-1-3-5-18)19(12-16)23-21(25)14-29-13-15-6-9-17(10-7-15)24(26)27/h1-12H,13-14H2,(H,23,25). The van der Waals surface area contributed by atoms with Crippen molar-refractivity contribution in [3.05, 3.63) is 93.5 Å². The second kappa shape index (κ2) is 9.95. The van der Waals surface area contributed by atoms with E-state index in [0.717, 1.165) is 5.56 Å². The van der Waals surface area contributed by atoms with Gasteiger partial charge in [-0.05, 0) is 35.9 Å². The minimum atomic E-state index is -0.440. The molecule has 0 fully saturated rings. The van der Waals surface area contributed by atoms with Crippen LogP contribution in [0.1, 0.15) is 5.56 Å². The van der Waals surface area contributed by atoms with E-state index in [1.165, 1.54) is 23.9 Å². The molecular weight excluding hydrogens is 412 g/mol. The van der Waals surface area contributed by atoms with Gasteiger partial charge < -0.3 is 10.1 Å². The van der Waals surface area contributed by atoms with Gasteiger partial charge in [-0.2, -0.15) is 0 Å². The molecule has 0 spiro atoms. The quantitative estimate of drug-likeness (QED) is 0.356. The SMILES string of the molecule is O=C(CSCc1ccc([N+](=O)[O-])cc1)Nc1cc(Cl)ccc1Oc1ccccc1. The highest BCUT2D eigenvalue weighted by atomic mass is 35.5. The predicted octanol–water partition coefficient (Wildman–Crippen LogP) is 5.91. The number of para-hydroxylation sites is 1. The zero-order valence-electron chi connectivity index (χ0n) is 15.2. The molecule has 0 heterocycles. The number of nitrogens with one attached hydrogen (secondary N) is 1. The fourth-order valence-electron chi connectivity index (χ4n) is 2.47. The lowest BCUT2D eigenvalue weighted by atomic mass is 10.2. The highest BCUT2D eigenvalue weighted by Gasteiger charge is 2.11. The van der Waals surface area contributed by atoms with Crippen LogP contribution in [0.4, 0.5) is 11.4 Å². The summed E-state index contributed by atoms with van der Waals surface area (Å²) in [4.78, 5) is 22.6. The van der Waals surface area contributed by atoms with Crippen LogP contribution in [-0.2, 0) is 10.5 Å². The van der Waals surface area contributed by atoms with Gasteiger partial charge in [0.25, 0.3) is 5.69 Å². The summed E-state index contributed by atoms with van der Waals surface area (Å²) in [6, 6.07) is 20.6.